The van der Waals surface area contributed by atoms with Crippen LogP contribution in [0.3, 0.4) is 0 Å². The maximum atomic E-state index is 6.56. The lowest BCUT2D eigenvalue weighted by molar-refractivity contribution is 0.669. The molecular weight excluding hydrogens is 673 g/mol. The predicted molar refractivity (Wildman–Crippen MR) is 227 cm³/mol. The molecule has 13 aromatic rings. The van der Waals surface area contributed by atoms with Gasteiger partial charge in [0.1, 0.15) is 16.9 Å². The van der Waals surface area contributed by atoms with Crippen molar-refractivity contribution in [2.75, 3.05) is 0 Å². The molecule has 4 aromatic heterocycles. The minimum atomic E-state index is 0.809. The number of benzene rings is 8. The van der Waals surface area contributed by atoms with Crippen LogP contribution in [0.25, 0.3) is 121 Å². The molecule has 0 bridgehead atoms. The first-order chi connectivity index (χ1) is 27.3. The van der Waals surface area contributed by atoms with Gasteiger partial charge in [0.15, 0.2) is 5.82 Å². The van der Waals surface area contributed by atoms with Crippen LogP contribution in [-0.2, 0) is 0 Å². The summed E-state index contributed by atoms with van der Waals surface area (Å²) in [5.74, 6) is 0.809. The third kappa shape index (κ3) is 3.81. The van der Waals surface area contributed by atoms with Crippen molar-refractivity contribution in [2.45, 2.75) is 0 Å². The van der Waals surface area contributed by atoms with E-state index in [1.165, 1.54) is 37.7 Å². The highest BCUT2D eigenvalue weighted by molar-refractivity contribution is 6.39. The summed E-state index contributed by atoms with van der Waals surface area (Å²) in [6.45, 7) is 0. The third-order valence-corrected chi connectivity index (χ3v) is 11.6. The minimum Gasteiger partial charge on any atom is -0.456 e. The number of fused-ring (bicyclic) bond motifs is 7. The van der Waals surface area contributed by atoms with Gasteiger partial charge in [-0.05, 0) is 88.3 Å². The first-order valence-electron chi connectivity index (χ1n) is 18.7. The van der Waals surface area contributed by atoms with Crippen LogP contribution in [0.2, 0.25) is 0 Å². The quantitative estimate of drug-likeness (QED) is 0.184. The molecule has 0 N–H and O–H groups in total. The van der Waals surface area contributed by atoms with Crippen molar-refractivity contribution < 1.29 is 4.42 Å². The van der Waals surface area contributed by atoms with Gasteiger partial charge < -0.3 is 8.98 Å². The summed E-state index contributed by atoms with van der Waals surface area (Å²) < 4.78 is 11.3. The number of nitrogens with zero attached hydrogens (tertiary/aromatic N) is 4. The Bertz CT molecular complexity index is 3700. The molecule has 0 spiro atoms. The van der Waals surface area contributed by atoms with Gasteiger partial charge in [-0.25, -0.2) is 9.97 Å². The molecule has 9 aromatic carbocycles. The van der Waals surface area contributed by atoms with E-state index in [1.807, 2.05) is 30.3 Å². The largest absolute Gasteiger partial charge is 0.456 e. The Hall–Kier alpha value is -7.50. The lowest BCUT2D eigenvalue weighted by atomic mass is 9.93. The zero-order valence-electron chi connectivity index (χ0n) is 29.4. The summed E-state index contributed by atoms with van der Waals surface area (Å²) in [4.78, 5) is 10.8. The first kappa shape index (κ1) is 29.0. The summed E-state index contributed by atoms with van der Waals surface area (Å²) in [5, 5.41) is 11.8. The van der Waals surface area contributed by atoms with Gasteiger partial charge in [-0.2, -0.15) is 0 Å². The molecule has 0 aliphatic carbocycles. The Morgan fingerprint density at radius 2 is 0.927 bits per heavy atom. The average Bonchev–Trinajstić information content (AvgIpc) is 3.90. The standard InChI is InChI=1S/C50H28N4O/c1-3-13-29(14-4-1)49-50(52-38-21-9-8-20-37(38)51-49)54-40-23-12-18-32-34-27-36-31-17-7-10-24-43(31)55-44(36)28-35(34)33-19-11-22-39-45(33)47-41(25-26-42(54)48(47)46(32)40)53(39)30-15-5-2-6-16-30/h1-28H. The Labute approximate surface area is 313 Å². The second-order valence-corrected chi connectivity index (χ2v) is 14.5. The van der Waals surface area contributed by atoms with Crippen LogP contribution in [0.4, 0.5) is 0 Å². The molecule has 0 aliphatic heterocycles. The summed E-state index contributed by atoms with van der Waals surface area (Å²) in [6.07, 6.45) is 0. The van der Waals surface area contributed by atoms with E-state index in [2.05, 4.69) is 149 Å². The normalized spacial score (nSPS) is 12.4. The Balaban J connectivity index is 1.32. The highest BCUT2D eigenvalue weighted by Gasteiger charge is 2.26. The van der Waals surface area contributed by atoms with Gasteiger partial charge in [-0.1, -0.05) is 103 Å². The third-order valence-electron chi connectivity index (χ3n) is 11.6. The second-order valence-electron chi connectivity index (χ2n) is 14.5. The van der Waals surface area contributed by atoms with Crippen LogP contribution < -0.4 is 0 Å². The highest BCUT2D eigenvalue weighted by atomic mass is 16.3. The number of para-hydroxylation sites is 4. The summed E-state index contributed by atoms with van der Waals surface area (Å²) >= 11 is 0. The van der Waals surface area contributed by atoms with Gasteiger partial charge in [-0.15, -0.1) is 0 Å². The highest BCUT2D eigenvalue weighted by Crippen LogP contribution is 2.49. The zero-order valence-corrected chi connectivity index (χ0v) is 29.4. The molecule has 13 rings (SSSR count). The van der Waals surface area contributed by atoms with Crippen molar-refractivity contribution in [2.24, 2.45) is 0 Å². The van der Waals surface area contributed by atoms with Crippen molar-refractivity contribution >= 4 is 98.1 Å². The molecule has 0 fully saturated rings. The fraction of sp³-hybridized carbons (Fsp3) is 0. The van der Waals surface area contributed by atoms with Crippen molar-refractivity contribution in [3.63, 3.8) is 0 Å². The van der Waals surface area contributed by atoms with Gasteiger partial charge in [0.05, 0.1) is 33.1 Å². The van der Waals surface area contributed by atoms with Crippen LogP contribution in [0.1, 0.15) is 0 Å². The predicted octanol–water partition coefficient (Wildman–Crippen LogP) is 13.1. The van der Waals surface area contributed by atoms with Crippen LogP contribution in [0.5, 0.6) is 0 Å². The SMILES string of the molecule is c1ccc(-c2nc3ccccc3nc2-n2c3cccc4c5cc6c(cc5c5cccc7c5c5c(c43)c2ccc5n7-c2ccccc2)oc2ccccc26)cc1. The van der Waals surface area contributed by atoms with E-state index in [9.17, 15) is 0 Å². The fourth-order valence-corrected chi connectivity index (χ4v) is 9.38. The molecule has 0 unspecified atom stereocenters. The molecule has 0 atom stereocenters. The first-order valence-corrected chi connectivity index (χ1v) is 18.7. The molecule has 55 heavy (non-hydrogen) atoms. The number of rotatable bonds is 3. The molecular formula is C50H28N4O. The van der Waals surface area contributed by atoms with E-state index in [4.69, 9.17) is 14.4 Å². The molecule has 5 heteroatoms. The van der Waals surface area contributed by atoms with E-state index >= 15 is 0 Å². The molecule has 254 valence electrons. The van der Waals surface area contributed by atoms with Crippen LogP contribution in [0, 0.1) is 0 Å². The molecule has 4 heterocycles. The van der Waals surface area contributed by atoms with Crippen molar-refractivity contribution in [3.05, 3.63) is 170 Å². The van der Waals surface area contributed by atoms with Crippen LogP contribution >= 0.6 is 0 Å². The Kier molecular flexibility index (Phi) is 5.57. The van der Waals surface area contributed by atoms with Gasteiger partial charge >= 0.3 is 0 Å². The van der Waals surface area contributed by atoms with Crippen LogP contribution in [0.15, 0.2) is 174 Å². The number of furan rings is 1. The lowest BCUT2D eigenvalue weighted by Gasteiger charge is -2.14. The summed E-state index contributed by atoms with van der Waals surface area (Å²) in [7, 11) is 0. The maximum Gasteiger partial charge on any atom is 0.165 e. The van der Waals surface area contributed by atoms with E-state index in [-0.39, 0.29) is 0 Å². The van der Waals surface area contributed by atoms with Crippen molar-refractivity contribution in [1.29, 1.82) is 0 Å². The fourth-order valence-electron chi connectivity index (χ4n) is 9.38. The topological polar surface area (TPSA) is 48.8 Å². The van der Waals surface area contributed by atoms with Crippen LogP contribution in [-0.4, -0.2) is 19.1 Å². The Morgan fingerprint density at radius 1 is 0.364 bits per heavy atom. The van der Waals surface area contributed by atoms with E-state index < -0.39 is 0 Å². The smallest absolute Gasteiger partial charge is 0.165 e. The molecule has 0 saturated carbocycles. The number of aromatic nitrogens is 4. The lowest BCUT2D eigenvalue weighted by Crippen LogP contribution is -2.03. The van der Waals surface area contributed by atoms with Crippen molar-refractivity contribution in [1.82, 2.24) is 19.1 Å². The van der Waals surface area contributed by atoms with Gasteiger partial charge in [0.2, 0.25) is 0 Å². The Morgan fingerprint density at radius 3 is 1.67 bits per heavy atom. The van der Waals surface area contributed by atoms with Gasteiger partial charge in [0, 0.05) is 43.6 Å². The summed E-state index contributed by atoms with van der Waals surface area (Å²) in [5.41, 5.74) is 11.0. The van der Waals surface area contributed by atoms with Gasteiger partial charge in [-0.3, -0.25) is 4.57 Å². The van der Waals surface area contributed by atoms with E-state index in [0.29, 0.717) is 0 Å². The van der Waals surface area contributed by atoms with Crippen molar-refractivity contribution in [3.8, 4) is 22.8 Å². The zero-order chi connectivity index (χ0) is 35.8. The van der Waals surface area contributed by atoms with E-state index in [0.717, 1.165) is 83.2 Å². The number of hydrogen-bond acceptors (Lipinski definition) is 3. The molecule has 0 saturated heterocycles. The molecule has 0 aliphatic rings. The molecule has 5 nitrogen and oxygen atoms in total. The molecule has 0 amide bonds. The maximum absolute atomic E-state index is 6.56. The van der Waals surface area contributed by atoms with Gasteiger partial charge in [0.25, 0.3) is 0 Å². The summed E-state index contributed by atoms with van der Waals surface area (Å²) in [6, 6.07) is 60.4. The second kappa shape index (κ2) is 10.6. The molecule has 0 radical (unpaired) electrons. The average molecular weight is 701 g/mol. The monoisotopic (exact) mass is 700 g/mol. The number of hydrogen-bond donors (Lipinski definition) is 0. The van der Waals surface area contributed by atoms with E-state index in [1.54, 1.807) is 0 Å². The minimum absolute atomic E-state index is 0.809.